The molecule has 7 heteroatoms. The first kappa shape index (κ1) is 16.7. The van der Waals surface area contributed by atoms with Crippen LogP contribution in [0.4, 0.5) is 17.1 Å². The molecule has 23 heavy (non-hydrogen) atoms. The molecule has 3 N–H and O–H groups in total. The lowest BCUT2D eigenvalue weighted by Crippen LogP contribution is -2.29. The smallest absolute Gasteiger partial charge is 0.314 e. The van der Waals surface area contributed by atoms with E-state index in [4.69, 9.17) is 0 Å². The van der Waals surface area contributed by atoms with Gasteiger partial charge in [-0.1, -0.05) is 22.0 Å². The van der Waals surface area contributed by atoms with E-state index in [0.717, 1.165) is 4.47 Å². The van der Waals surface area contributed by atoms with Crippen LogP contribution in [-0.2, 0) is 14.4 Å². The first-order valence-electron chi connectivity index (χ1n) is 6.69. The summed E-state index contributed by atoms with van der Waals surface area (Å²) in [7, 11) is 0. The summed E-state index contributed by atoms with van der Waals surface area (Å²) in [5, 5.41) is 7.59. The third kappa shape index (κ3) is 5.23. The molecule has 2 aromatic carbocycles. The quantitative estimate of drug-likeness (QED) is 0.720. The first-order chi connectivity index (χ1) is 10.9. The number of nitrogens with one attached hydrogen (secondary N) is 3. The van der Waals surface area contributed by atoms with Gasteiger partial charge >= 0.3 is 11.8 Å². The van der Waals surface area contributed by atoms with E-state index in [2.05, 4.69) is 31.9 Å². The van der Waals surface area contributed by atoms with Crippen molar-refractivity contribution in [2.24, 2.45) is 0 Å². The molecule has 0 saturated heterocycles. The Morgan fingerprint density at radius 3 is 1.83 bits per heavy atom. The fourth-order valence-corrected chi connectivity index (χ4v) is 2.18. The number of halogens is 1. The summed E-state index contributed by atoms with van der Waals surface area (Å²) < 4.78 is 0.796. The Labute approximate surface area is 141 Å². The van der Waals surface area contributed by atoms with Crippen LogP contribution in [-0.4, -0.2) is 17.7 Å². The molecule has 2 aromatic rings. The van der Waals surface area contributed by atoms with Crippen molar-refractivity contribution >= 4 is 50.7 Å². The van der Waals surface area contributed by atoms with Crippen LogP contribution in [0.3, 0.4) is 0 Å². The van der Waals surface area contributed by atoms with Crippen molar-refractivity contribution in [1.29, 1.82) is 0 Å². The Morgan fingerprint density at radius 1 is 0.783 bits per heavy atom. The van der Waals surface area contributed by atoms with Crippen LogP contribution in [0.1, 0.15) is 6.92 Å². The summed E-state index contributed by atoms with van der Waals surface area (Å²) in [5.74, 6) is -1.73. The van der Waals surface area contributed by atoms with Crippen LogP contribution < -0.4 is 16.0 Å². The second-order valence-electron chi connectivity index (χ2n) is 4.68. The Balaban J connectivity index is 1.95. The minimum atomic E-state index is -0.780. The van der Waals surface area contributed by atoms with Gasteiger partial charge in [-0.25, -0.2) is 0 Å². The van der Waals surface area contributed by atoms with E-state index in [0.29, 0.717) is 17.1 Å². The zero-order valence-corrected chi connectivity index (χ0v) is 13.8. The number of rotatable bonds is 3. The third-order valence-corrected chi connectivity index (χ3v) is 3.25. The van der Waals surface area contributed by atoms with Gasteiger partial charge in [0.25, 0.3) is 0 Å². The molecule has 0 atom stereocenters. The lowest BCUT2D eigenvalue weighted by Gasteiger charge is -2.08. The van der Waals surface area contributed by atoms with Gasteiger partial charge in [-0.05, 0) is 42.5 Å². The number of carbonyl (C=O) groups excluding carboxylic acids is 3. The monoisotopic (exact) mass is 375 g/mol. The highest BCUT2D eigenvalue weighted by molar-refractivity contribution is 9.10. The van der Waals surface area contributed by atoms with Crippen molar-refractivity contribution in [1.82, 2.24) is 0 Å². The normalized spacial score (nSPS) is 9.83. The zero-order valence-electron chi connectivity index (χ0n) is 12.2. The maximum Gasteiger partial charge on any atom is 0.314 e. The number of anilines is 3. The molecule has 0 radical (unpaired) electrons. The molecule has 0 bridgehead atoms. The van der Waals surface area contributed by atoms with E-state index in [9.17, 15) is 14.4 Å². The number of amides is 3. The predicted octanol–water partition coefficient (Wildman–Crippen LogP) is 2.98. The van der Waals surface area contributed by atoms with E-state index in [1.807, 2.05) is 6.07 Å². The maximum atomic E-state index is 11.9. The molecule has 3 amide bonds. The maximum absolute atomic E-state index is 11.9. The summed E-state index contributed by atoms with van der Waals surface area (Å²) in [6, 6.07) is 13.4. The highest BCUT2D eigenvalue weighted by Gasteiger charge is 2.14. The van der Waals surface area contributed by atoms with Crippen LogP contribution in [0.25, 0.3) is 0 Å². The predicted molar refractivity (Wildman–Crippen MR) is 92.1 cm³/mol. The van der Waals surface area contributed by atoms with E-state index in [1.54, 1.807) is 42.5 Å². The molecular weight excluding hydrogens is 362 g/mol. The molecule has 118 valence electrons. The molecule has 0 aliphatic heterocycles. The molecule has 0 heterocycles. The molecule has 0 unspecified atom stereocenters. The van der Waals surface area contributed by atoms with Crippen LogP contribution in [0.5, 0.6) is 0 Å². The lowest BCUT2D eigenvalue weighted by atomic mass is 10.2. The van der Waals surface area contributed by atoms with Crippen LogP contribution in [0.15, 0.2) is 53.0 Å². The highest BCUT2D eigenvalue weighted by atomic mass is 79.9. The Morgan fingerprint density at radius 2 is 1.30 bits per heavy atom. The fraction of sp³-hybridized carbons (Fsp3) is 0.0625. The average Bonchev–Trinajstić information content (AvgIpc) is 2.48. The molecule has 6 nitrogen and oxygen atoms in total. The van der Waals surface area contributed by atoms with Crippen LogP contribution in [0, 0.1) is 0 Å². The van der Waals surface area contributed by atoms with Gasteiger partial charge in [0.2, 0.25) is 5.91 Å². The van der Waals surface area contributed by atoms with Gasteiger partial charge in [0.1, 0.15) is 0 Å². The van der Waals surface area contributed by atoms with Gasteiger partial charge in [-0.2, -0.15) is 0 Å². The fourth-order valence-electron chi connectivity index (χ4n) is 1.78. The van der Waals surface area contributed by atoms with Crippen LogP contribution in [0.2, 0.25) is 0 Å². The highest BCUT2D eigenvalue weighted by Crippen LogP contribution is 2.16. The molecule has 0 aromatic heterocycles. The van der Waals surface area contributed by atoms with Crippen molar-refractivity contribution in [2.45, 2.75) is 6.92 Å². The molecular formula is C16H14BrN3O3. The zero-order chi connectivity index (χ0) is 16.8. The topological polar surface area (TPSA) is 87.3 Å². The van der Waals surface area contributed by atoms with Crippen molar-refractivity contribution in [3.05, 3.63) is 53.0 Å². The number of benzene rings is 2. The lowest BCUT2D eigenvalue weighted by molar-refractivity contribution is -0.132. The van der Waals surface area contributed by atoms with Crippen LogP contribution >= 0.6 is 15.9 Å². The summed E-state index contributed by atoms with van der Waals surface area (Å²) in [6.07, 6.45) is 0. The van der Waals surface area contributed by atoms with Gasteiger partial charge in [0.05, 0.1) is 0 Å². The van der Waals surface area contributed by atoms with Crippen molar-refractivity contribution in [3.63, 3.8) is 0 Å². The van der Waals surface area contributed by atoms with Crippen molar-refractivity contribution in [2.75, 3.05) is 16.0 Å². The van der Waals surface area contributed by atoms with E-state index in [1.165, 1.54) is 6.92 Å². The molecule has 2 rings (SSSR count). The minimum absolute atomic E-state index is 0.185. The summed E-state index contributed by atoms with van der Waals surface area (Å²) in [6.45, 7) is 1.40. The minimum Gasteiger partial charge on any atom is -0.326 e. The van der Waals surface area contributed by atoms with Crippen molar-refractivity contribution < 1.29 is 14.4 Å². The SMILES string of the molecule is CC(=O)Nc1ccc(NC(=O)C(=O)Nc2cccc(Br)c2)cc1. The molecule has 0 saturated carbocycles. The Kier molecular flexibility index (Phi) is 5.48. The molecule has 0 fully saturated rings. The number of hydrogen-bond acceptors (Lipinski definition) is 3. The summed E-state index contributed by atoms with van der Waals surface area (Å²) >= 11 is 3.28. The second-order valence-corrected chi connectivity index (χ2v) is 5.59. The van der Waals surface area contributed by atoms with Crippen molar-refractivity contribution in [3.8, 4) is 0 Å². The third-order valence-electron chi connectivity index (χ3n) is 2.75. The first-order valence-corrected chi connectivity index (χ1v) is 7.49. The van der Waals surface area contributed by atoms with E-state index in [-0.39, 0.29) is 5.91 Å². The molecule has 0 aliphatic rings. The number of carbonyl (C=O) groups is 3. The number of hydrogen-bond donors (Lipinski definition) is 3. The summed E-state index contributed by atoms with van der Waals surface area (Å²) in [4.78, 5) is 34.6. The van der Waals surface area contributed by atoms with Gasteiger partial charge in [0.15, 0.2) is 0 Å². The Hall–Kier alpha value is -2.67. The van der Waals surface area contributed by atoms with Gasteiger partial charge in [-0.15, -0.1) is 0 Å². The average molecular weight is 376 g/mol. The second kappa shape index (κ2) is 7.55. The van der Waals surface area contributed by atoms with E-state index >= 15 is 0 Å². The standard InChI is InChI=1S/C16H14BrN3O3/c1-10(21)18-12-5-7-13(8-6-12)19-15(22)16(23)20-14-4-2-3-11(17)9-14/h2-9H,1H3,(H,18,21)(H,19,22)(H,20,23). The largest absolute Gasteiger partial charge is 0.326 e. The molecule has 0 spiro atoms. The van der Waals surface area contributed by atoms with Gasteiger partial charge in [-0.3, -0.25) is 14.4 Å². The Bertz CT molecular complexity index is 744. The van der Waals surface area contributed by atoms with E-state index < -0.39 is 11.8 Å². The summed E-state index contributed by atoms with van der Waals surface area (Å²) in [5.41, 5.74) is 1.57. The van der Waals surface area contributed by atoms with Gasteiger partial charge < -0.3 is 16.0 Å². The molecule has 0 aliphatic carbocycles. The van der Waals surface area contributed by atoms with Gasteiger partial charge in [0, 0.05) is 28.5 Å².